The SMILES string of the molecule is CC/C=C/C/C=C/C/C=C/C/C=C/C/C=C/C/C=C/CCC(=O)OC[C@@H](CO[C@H]1O[C@@H](CO)[C@@H](O)C(O)C1O)OC(=O)CCCCCCC/C=C/CCCC. The van der Waals surface area contributed by atoms with Gasteiger partial charge in [-0.3, -0.25) is 9.59 Å². The molecule has 55 heavy (non-hydrogen) atoms. The Kier molecular flexibility index (Phi) is 32.0. The highest BCUT2D eigenvalue weighted by Crippen LogP contribution is 2.22. The number of rotatable bonds is 32. The summed E-state index contributed by atoms with van der Waals surface area (Å²) >= 11 is 0. The van der Waals surface area contributed by atoms with E-state index in [4.69, 9.17) is 18.9 Å². The predicted molar refractivity (Wildman–Crippen MR) is 219 cm³/mol. The van der Waals surface area contributed by atoms with Crippen molar-refractivity contribution in [2.75, 3.05) is 19.8 Å². The Morgan fingerprint density at radius 3 is 1.69 bits per heavy atom. The highest BCUT2D eigenvalue weighted by Gasteiger charge is 2.44. The number of esters is 2. The molecule has 2 unspecified atom stereocenters. The van der Waals surface area contributed by atoms with Crippen LogP contribution >= 0.6 is 0 Å². The maximum absolute atomic E-state index is 12.7. The van der Waals surface area contributed by atoms with E-state index in [1.54, 1.807) is 0 Å². The minimum absolute atomic E-state index is 0.144. The number of carbonyl (C=O) groups is 2. The number of unbranched alkanes of at least 4 members (excludes halogenated alkanes) is 7. The average Bonchev–Trinajstić information content (AvgIpc) is 3.18. The van der Waals surface area contributed by atoms with Crippen LogP contribution in [0.15, 0.2) is 85.1 Å². The second-order valence-corrected chi connectivity index (χ2v) is 13.7. The first-order valence-electron chi connectivity index (χ1n) is 20.7. The summed E-state index contributed by atoms with van der Waals surface area (Å²) in [6.07, 6.45) is 37.5. The van der Waals surface area contributed by atoms with Gasteiger partial charge in [-0.05, 0) is 70.6 Å². The van der Waals surface area contributed by atoms with Crippen molar-refractivity contribution in [1.82, 2.24) is 0 Å². The third-order valence-corrected chi connectivity index (χ3v) is 8.78. The maximum atomic E-state index is 12.7. The van der Waals surface area contributed by atoms with Crippen LogP contribution in [0.5, 0.6) is 0 Å². The molecule has 0 aliphatic carbocycles. The lowest BCUT2D eigenvalue weighted by Gasteiger charge is -2.39. The van der Waals surface area contributed by atoms with E-state index in [0.717, 1.165) is 77.0 Å². The average molecular weight is 773 g/mol. The van der Waals surface area contributed by atoms with E-state index in [-0.39, 0.29) is 26.1 Å². The molecule has 6 atom stereocenters. The van der Waals surface area contributed by atoms with Crippen LogP contribution in [-0.2, 0) is 28.5 Å². The molecule has 0 spiro atoms. The van der Waals surface area contributed by atoms with Gasteiger partial charge in [-0.2, -0.15) is 0 Å². The molecule has 0 aromatic heterocycles. The Morgan fingerprint density at radius 2 is 1.11 bits per heavy atom. The number of allylic oxidation sites excluding steroid dienone is 14. The van der Waals surface area contributed by atoms with Gasteiger partial charge < -0.3 is 39.4 Å². The molecule has 10 nitrogen and oxygen atoms in total. The quantitative estimate of drug-likeness (QED) is 0.0299. The molecular weight excluding hydrogens is 700 g/mol. The largest absolute Gasteiger partial charge is 0.462 e. The van der Waals surface area contributed by atoms with Crippen LogP contribution in [0.3, 0.4) is 0 Å². The van der Waals surface area contributed by atoms with Crippen molar-refractivity contribution in [1.29, 1.82) is 0 Å². The van der Waals surface area contributed by atoms with E-state index in [1.807, 2.05) is 12.2 Å². The van der Waals surface area contributed by atoms with Crippen molar-refractivity contribution in [3.05, 3.63) is 85.1 Å². The number of ether oxygens (including phenoxy) is 4. The number of carbonyl (C=O) groups excluding carboxylic acids is 2. The molecule has 0 amide bonds. The van der Waals surface area contributed by atoms with Crippen LogP contribution < -0.4 is 0 Å². The van der Waals surface area contributed by atoms with Crippen LogP contribution in [0, 0.1) is 0 Å². The fourth-order valence-electron chi connectivity index (χ4n) is 5.49. The second-order valence-electron chi connectivity index (χ2n) is 13.7. The summed E-state index contributed by atoms with van der Waals surface area (Å²) < 4.78 is 22.0. The Hall–Kier alpha value is -3.12. The minimum atomic E-state index is -1.61. The fraction of sp³-hybridized carbons (Fsp3) is 0.644. The zero-order chi connectivity index (χ0) is 40.2. The molecule has 0 saturated carbocycles. The summed E-state index contributed by atoms with van der Waals surface area (Å²) in [7, 11) is 0. The van der Waals surface area contributed by atoms with E-state index in [1.165, 1.54) is 12.8 Å². The van der Waals surface area contributed by atoms with Gasteiger partial charge in [0.1, 0.15) is 31.0 Å². The van der Waals surface area contributed by atoms with Gasteiger partial charge in [0.05, 0.1) is 13.2 Å². The number of hydrogen-bond donors (Lipinski definition) is 4. The van der Waals surface area contributed by atoms with Crippen molar-refractivity contribution in [2.24, 2.45) is 0 Å². The van der Waals surface area contributed by atoms with Gasteiger partial charge in [0.2, 0.25) is 0 Å². The molecule has 312 valence electrons. The first-order chi connectivity index (χ1) is 26.8. The molecule has 0 bridgehead atoms. The molecule has 0 aromatic rings. The molecule has 1 aliphatic rings. The van der Waals surface area contributed by atoms with E-state index >= 15 is 0 Å². The maximum Gasteiger partial charge on any atom is 0.306 e. The van der Waals surface area contributed by atoms with Gasteiger partial charge in [-0.15, -0.1) is 0 Å². The lowest BCUT2D eigenvalue weighted by Crippen LogP contribution is -2.59. The van der Waals surface area contributed by atoms with Crippen LogP contribution in [-0.4, -0.2) is 89.0 Å². The normalized spacial score (nSPS) is 21.5. The van der Waals surface area contributed by atoms with Gasteiger partial charge in [0.25, 0.3) is 0 Å². The molecule has 0 aromatic carbocycles. The fourth-order valence-corrected chi connectivity index (χ4v) is 5.49. The number of aliphatic hydroxyl groups is 4. The lowest BCUT2D eigenvalue weighted by atomic mass is 9.99. The highest BCUT2D eigenvalue weighted by atomic mass is 16.7. The van der Waals surface area contributed by atoms with Gasteiger partial charge in [-0.25, -0.2) is 0 Å². The summed E-state index contributed by atoms with van der Waals surface area (Å²) in [4.78, 5) is 25.2. The second kappa shape index (κ2) is 35.3. The third-order valence-electron chi connectivity index (χ3n) is 8.78. The van der Waals surface area contributed by atoms with Crippen molar-refractivity contribution in [3.63, 3.8) is 0 Å². The van der Waals surface area contributed by atoms with E-state index < -0.39 is 55.4 Å². The van der Waals surface area contributed by atoms with Gasteiger partial charge in [-0.1, -0.05) is 131 Å². The predicted octanol–water partition coefficient (Wildman–Crippen LogP) is 8.21. The van der Waals surface area contributed by atoms with Crippen LogP contribution in [0.25, 0.3) is 0 Å². The molecule has 0 radical (unpaired) electrons. The van der Waals surface area contributed by atoms with E-state index in [2.05, 4.69) is 86.8 Å². The minimum Gasteiger partial charge on any atom is -0.462 e. The molecule has 4 N–H and O–H groups in total. The summed E-state index contributed by atoms with van der Waals surface area (Å²) in [6, 6.07) is 0. The Balaban J connectivity index is 2.42. The molecule has 10 heteroatoms. The molecule has 1 heterocycles. The summed E-state index contributed by atoms with van der Waals surface area (Å²) in [5.41, 5.74) is 0. The van der Waals surface area contributed by atoms with Crippen molar-refractivity contribution in [3.8, 4) is 0 Å². The molecule has 1 fully saturated rings. The zero-order valence-corrected chi connectivity index (χ0v) is 33.6. The molecule has 1 rings (SSSR count). The van der Waals surface area contributed by atoms with Crippen molar-refractivity contribution in [2.45, 2.75) is 166 Å². The number of hydrogen-bond acceptors (Lipinski definition) is 10. The van der Waals surface area contributed by atoms with Crippen LogP contribution in [0.1, 0.15) is 129 Å². The first kappa shape index (κ1) is 49.9. The zero-order valence-electron chi connectivity index (χ0n) is 33.6. The lowest BCUT2D eigenvalue weighted by molar-refractivity contribution is -0.305. The highest BCUT2D eigenvalue weighted by molar-refractivity contribution is 5.70. The Labute approximate surface area is 331 Å². The van der Waals surface area contributed by atoms with Gasteiger partial charge >= 0.3 is 11.9 Å². The Bertz CT molecular complexity index is 1170. The molecule has 1 aliphatic heterocycles. The third kappa shape index (κ3) is 27.2. The topological polar surface area (TPSA) is 152 Å². The summed E-state index contributed by atoms with van der Waals surface area (Å²) in [6.45, 7) is 3.15. The smallest absolute Gasteiger partial charge is 0.306 e. The Morgan fingerprint density at radius 1 is 0.582 bits per heavy atom. The number of aliphatic hydroxyl groups excluding tert-OH is 4. The van der Waals surface area contributed by atoms with Crippen molar-refractivity contribution < 1.29 is 49.0 Å². The summed E-state index contributed by atoms with van der Waals surface area (Å²) in [5, 5.41) is 39.9. The standard InChI is InChI=1S/C45H72O10/c1-3-5-7-9-11-13-15-16-17-18-19-20-21-22-24-25-27-29-31-33-40(47)52-36-38(37-53-45-44(51)43(50)42(49)39(35-46)55-45)54-41(48)34-32-30-28-26-23-14-12-10-8-6-4-2/h5,7,10-13,16-17,19-20,22,24,27,29,38-39,42-46,49-51H,3-4,6,8-9,14-15,18,21,23,25-26,28,30-37H2,1-2H3/b7-5+,12-10+,13-11+,17-16+,20-19+,24-22+,29-27+/t38-,39-,42+,43?,44?,45-/m0/s1. The van der Waals surface area contributed by atoms with Crippen LogP contribution in [0.4, 0.5) is 0 Å². The van der Waals surface area contributed by atoms with E-state index in [0.29, 0.717) is 12.8 Å². The monoisotopic (exact) mass is 773 g/mol. The van der Waals surface area contributed by atoms with Gasteiger partial charge in [0.15, 0.2) is 12.4 Å². The van der Waals surface area contributed by atoms with Gasteiger partial charge in [0, 0.05) is 12.8 Å². The van der Waals surface area contributed by atoms with Crippen molar-refractivity contribution >= 4 is 11.9 Å². The van der Waals surface area contributed by atoms with E-state index in [9.17, 15) is 30.0 Å². The first-order valence-corrected chi connectivity index (χ1v) is 20.7. The molecule has 1 saturated heterocycles. The molecular formula is C45H72O10. The van der Waals surface area contributed by atoms with Crippen LogP contribution in [0.2, 0.25) is 0 Å². The summed E-state index contributed by atoms with van der Waals surface area (Å²) in [5.74, 6) is -0.927.